The molecular formula is H14CaN2O8P2. The minimum atomic E-state index is -4.64. The van der Waals surface area contributed by atoms with Crippen LogP contribution in [0.5, 0.6) is 0 Å². The summed E-state index contributed by atoms with van der Waals surface area (Å²) in [5.41, 5.74) is 0. The molecule has 0 radical (unpaired) electrons. The van der Waals surface area contributed by atoms with Gasteiger partial charge in [0.2, 0.25) is 0 Å². The van der Waals surface area contributed by atoms with E-state index in [4.69, 9.17) is 38.5 Å². The van der Waals surface area contributed by atoms with Crippen molar-refractivity contribution in [1.29, 1.82) is 0 Å². The Kier molecular flexibility index (Phi) is 25.8. The van der Waals surface area contributed by atoms with Crippen LogP contribution in [0.2, 0.25) is 0 Å². The van der Waals surface area contributed by atoms with Gasteiger partial charge in [-0.1, -0.05) is 0 Å². The van der Waals surface area contributed by atoms with Gasteiger partial charge in [0.1, 0.15) is 0 Å². The van der Waals surface area contributed by atoms with Crippen LogP contribution in [0.15, 0.2) is 0 Å². The summed E-state index contributed by atoms with van der Waals surface area (Å²) in [4.78, 5) is 43.1. The maximum atomic E-state index is 8.88. The van der Waals surface area contributed by atoms with Crippen molar-refractivity contribution in [3.63, 3.8) is 0 Å². The second kappa shape index (κ2) is 11.5. The quantitative estimate of drug-likeness (QED) is 0.184. The molecule has 0 aliphatic heterocycles. The van der Waals surface area contributed by atoms with Crippen molar-refractivity contribution in [1.82, 2.24) is 12.3 Å². The van der Waals surface area contributed by atoms with E-state index in [0.29, 0.717) is 0 Å². The molecule has 0 aromatic rings. The van der Waals surface area contributed by atoms with Crippen LogP contribution in [-0.4, -0.2) is 67.1 Å². The molecule has 84 valence electrons. The Balaban J connectivity index is -0.0000000128. The first-order valence-electron chi connectivity index (χ1n) is 1.57. The predicted molar refractivity (Wildman–Crippen MR) is 46.5 cm³/mol. The van der Waals surface area contributed by atoms with E-state index >= 15 is 0 Å². The van der Waals surface area contributed by atoms with Gasteiger partial charge in [-0.05, 0) is 0 Å². The molecule has 0 bridgehead atoms. The molecule has 13 heteroatoms. The van der Waals surface area contributed by atoms with E-state index in [1.807, 2.05) is 0 Å². The monoisotopic (exact) mass is 272 g/mol. The summed E-state index contributed by atoms with van der Waals surface area (Å²) in [6.45, 7) is 0. The van der Waals surface area contributed by atoms with Gasteiger partial charge in [0.15, 0.2) is 0 Å². The smallest absolute Gasteiger partial charge is 1.00 e. The Morgan fingerprint density at radius 1 is 0.692 bits per heavy atom. The average Bonchev–Trinajstić information content (AvgIpc) is 1.12. The second-order valence-corrected chi connectivity index (χ2v) is 3.08. The van der Waals surface area contributed by atoms with Crippen molar-refractivity contribution in [2.75, 3.05) is 0 Å². The van der Waals surface area contributed by atoms with E-state index in [1.165, 1.54) is 0 Å². The summed E-state index contributed by atoms with van der Waals surface area (Å²) in [6.07, 6.45) is 0. The van der Waals surface area contributed by atoms with E-state index in [2.05, 4.69) is 0 Å². The van der Waals surface area contributed by atoms with Gasteiger partial charge in [-0.2, -0.15) is 0 Å². The van der Waals surface area contributed by atoms with Crippen molar-refractivity contribution in [3.8, 4) is 0 Å². The first-order chi connectivity index (χ1) is 4.00. The molecule has 0 heterocycles. The van der Waals surface area contributed by atoms with Crippen LogP contribution < -0.4 is 12.3 Å². The summed E-state index contributed by atoms with van der Waals surface area (Å²) in [6, 6.07) is 0. The van der Waals surface area contributed by atoms with Crippen LogP contribution >= 0.6 is 15.6 Å². The van der Waals surface area contributed by atoms with Crippen LogP contribution in [0.3, 0.4) is 0 Å². The first kappa shape index (κ1) is 29.3. The number of phosphoric acid groups is 2. The zero-order valence-corrected chi connectivity index (χ0v) is 10.5. The van der Waals surface area contributed by atoms with Crippen LogP contribution in [0, 0.1) is 0 Å². The molecule has 0 saturated carbocycles. The van der Waals surface area contributed by atoms with Crippen molar-refractivity contribution < 1.29 is 41.3 Å². The second-order valence-electron chi connectivity index (χ2n) is 1.03. The zero-order chi connectivity index (χ0) is 9.00. The van der Waals surface area contributed by atoms with Gasteiger partial charge in [0, 0.05) is 0 Å². The van der Waals surface area contributed by atoms with Crippen molar-refractivity contribution >= 4 is 53.4 Å². The molecule has 0 rings (SSSR count). The maximum absolute atomic E-state index is 8.88. The Hall–Kier alpha value is 1.40. The molecular weight excluding hydrogens is 258 g/mol. The van der Waals surface area contributed by atoms with Crippen LogP contribution in [0.4, 0.5) is 0 Å². The Labute approximate surface area is 107 Å². The summed E-state index contributed by atoms with van der Waals surface area (Å²) >= 11 is 0. The normalized spacial score (nSPS) is 9.08. The predicted octanol–water partition coefficient (Wildman–Crippen LogP) is -1.69. The zero-order valence-electron chi connectivity index (χ0n) is 8.52. The molecule has 10 nitrogen and oxygen atoms in total. The molecule has 0 saturated heterocycles. The van der Waals surface area contributed by atoms with E-state index in [1.54, 1.807) is 0 Å². The fourth-order valence-corrected chi connectivity index (χ4v) is 0. The molecule has 13 heavy (non-hydrogen) atoms. The minimum absolute atomic E-state index is 0. The van der Waals surface area contributed by atoms with Gasteiger partial charge in [0.05, 0.1) is 0 Å². The minimum Gasteiger partial charge on any atom is -1.00 e. The average molecular weight is 272 g/mol. The fraction of sp³-hybridized carbons (Fsp3) is 0. The van der Waals surface area contributed by atoms with Gasteiger partial charge >= 0.3 is 53.4 Å². The van der Waals surface area contributed by atoms with E-state index in [9.17, 15) is 0 Å². The van der Waals surface area contributed by atoms with E-state index in [0.717, 1.165) is 0 Å². The molecule has 0 aliphatic rings. The standard InChI is InChI=1S/Ca.2H3N.2H3O4P.2H/c;;;2*1-5(2,3)4;;/h;2*1H3;2*(H3,1,2,3,4);;/q+2;;;;;2*-1. The molecule has 12 N–H and O–H groups in total. The molecule has 0 atom stereocenters. The fourth-order valence-electron chi connectivity index (χ4n) is 0. The molecule has 0 unspecified atom stereocenters. The van der Waals surface area contributed by atoms with Crippen LogP contribution in [-0.2, 0) is 9.13 Å². The maximum Gasteiger partial charge on any atom is 2.00 e. The third kappa shape index (κ3) is 889. The third-order valence-electron chi connectivity index (χ3n) is 0. The largest absolute Gasteiger partial charge is 2.00 e. The van der Waals surface area contributed by atoms with Crippen molar-refractivity contribution in [2.45, 2.75) is 0 Å². The molecule has 0 amide bonds. The van der Waals surface area contributed by atoms with Gasteiger partial charge in [-0.3, -0.25) is 0 Å². The van der Waals surface area contributed by atoms with Gasteiger partial charge in [-0.15, -0.1) is 0 Å². The third-order valence-corrected chi connectivity index (χ3v) is 0. The van der Waals surface area contributed by atoms with Gasteiger partial charge < -0.3 is 44.5 Å². The van der Waals surface area contributed by atoms with Gasteiger partial charge in [-0.25, -0.2) is 9.13 Å². The van der Waals surface area contributed by atoms with E-state index in [-0.39, 0.29) is 52.9 Å². The van der Waals surface area contributed by atoms with Crippen LogP contribution in [0.1, 0.15) is 2.85 Å². The Morgan fingerprint density at radius 3 is 0.692 bits per heavy atom. The molecule has 0 aromatic heterocycles. The summed E-state index contributed by atoms with van der Waals surface area (Å²) < 4.78 is 17.8. The number of hydrogen-bond acceptors (Lipinski definition) is 4. The number of rotatable bonds is 0. The Bertz CT molecular complexity index is 141. The SMILES string of the molecule is N.N.O=P(O)(O)O.O=P(O)(O)O.[Ca+2].[H-].[H-]. The van der Waals surface area contributed by atoms with Crippen molar-refractivity contribution in [2.24, 2.45) is 0 Å². The molecule has 0 aromatic carbocycles. The topological polar surface area (TPSA) is 226 Å². The summed E-state index contributed by atoms with van der Waals surface area (Å²) in [5, 5.41) is 0. The number of hydrogen-bond donors (Lipinski definition) is 8. The molecule has 0 fully saturated rings. The van der Waals surface area contributed by atoms with Gasteiger partial charge in [0.25, 0.3) is 0 Å². The molecule has 0 aliphatic carbocycles. The van der Waals surface area contributed by atoms with E-state index < -0.39 is 15.6 Å². The van der Waals surface area contributed by atoms with Crippen LogP contribution in [0.25, 0.3) is 0 Å². The summed E-state index contributed by atoms with van der Waals surface area (Å²) in [5.74, 6) is 0. The summed E-state index contributed by atoms with van der Waals surface area (Å²) in [7, 11) is -9.28. The van der Waals surface area contributed by atoms with Crippen molar-refractivity contribution in [3.05, 3.63) is 0 Å². The molecule has 0 spiro atoms. The Morgan fingerprint density at radius 2 is 0.692 bits per heavy atom. The first-order valence-corrected chi connectivity index (χ1v) is 4.70.